The van der Waals surface area contributed by atoms with Gasteiger partial charge in [0, 0.05) is 24.4 Å². The Bertz CT molecular complexity index is 906. The molecular weight excluding hydrogens is 344 g/mol. The van der Waals surface area contributed by atoms with Crippen molar-refractivity contribution in [1.82, 2.24) is 4.57 Å². The second-order valence-corrected chi connectivity index (χ2v) is 6.18. The average molecular weight is 361 g/mol. The summed E-state index contributed by atoms with van der Waals surface area (Å²) in [5.41, 5.74) is 0.655. The molecule has 2 aromatic rings. The van der Waals surface area contributed by atoms with E-state index in [0.29, 0.717) is 28.6 Å². The van der Waals surface area contributed by atoms with Gasteiger partial charge in [-0.05, 0) is 38.1 Å². The molecular formula is C18H17ClN2O4. The summed E-state index contributed by atoms with van der Waals surface area (Å²) in [6.07, 6.45) is 1.44. The minimum absolute atomic E-state index is 0.0115. The van der Waals surface area contributed by atoms with Crippen LogP contribution >= 0.6 is 11.6 Å². The summed E-state index contributed by atoms with van der Waals surface area (Å²) >= 11 is 5.93. The molecule has 0 aliphatic carbocycles. The van der Waals surface area contributed by atoms with Crippen molar-refractivity contribution in [3.05, 3.63) is 57.5 Å². The van der Waals surface area contributed by atoms with Crippen LogP contribution < -0.4 is 15.2 Å². The van der Waals surface area contributed by atoms with Gasteiger partial charge in [0.15, 0.2) is 12.4 Å². The van der Waals surface area contributed by atoms with Gasteiger partial charge in [-0.15, -0.1) is 0 Å². The molecule has 1 aromatic carbocycles. The first kappa shape index (κ1) is 17.2. The van der Waals surface area contributed by atoms with Gasteiger partial charge in [-0.1, -0.05) is 11.6 Å². The molecule has 1 aliphatic rings. The van der Waals surface area contributed by atoms with Gasteiger partial charge < -0.3 is 14.2 Å². The topological polar surface area (TPSA) is 68.6 Å². The van der Waals surface area contributed by atoms with Crippen LogP contribution in [0.5, 0.6) is 5.75 Å². The number of aromatic nitrogens is 1. The Labute approximate surface area is 149 Å². The van der Waals surface area contributed by atoms with Gasteiger partial charge in [0.25, 0.3) is 11.5 Å². The van der Waals surface area contributed by atoms with Gasteiger partial charge in [-0.3, -0.25) is 14.4 Å². The third kappa shape index (κ3) is 3.17. The van der Waals surface area contributed by atoms with Gasteiger partial charge in [-0.25, -0.2) is 0 Å². The first-order chi connectivity index (χ1) is 11.9. The van der Waals surface area contributed by atoms with Crippen LogP contribution in [0.2, 0.25) is 5.02 Å². The number of ether oxygens (including phenoxy) is 1. The molecule has 2 heterocycles. The maximum absolute atomic E-state index is 12.8. The van der Waals surface area contributed by atoms with Gasteiger partial charge >= 0.3 is 0 Å². The van der Waals surface area contributed by atoms with Crippen molar-refractivity contribution < 1.29 is 14.3 Å². The van der Waals surface area contributed by atoms with Crippen molar-refractivity contribution in [2.24, 2.45) is 0 Å². The Kier molecular flexibility index (Phi) is 4.63. The first-order valence-electron chi connectivity index (χ1n) is 7.91. The number of Topliss-reactive ketones (excluding diaryl/α,β-unsaturated/α-hetero) is 1. The lowest BCUT2D eigenvalue weighted by molar-refractivity contribution is -0.121. The highest BCUT2D eigenvalue weighted by Crippen LogP contribution is 2.33. The molecule has 0 saturated carbocycles. The van der Waals surface area contributed by atoms with E-state index in [9.17, 15) is 14.4 Å². The third-order valence-corrected chi connectivity index (χ3v) is 4.42. The maximum Gasteiger partial charge on any atom is 0.265 e. The van der Waals surface area contributed by atoms with Crippen LogP contribution in [0.25, 0.3) is 0 Å². The monoisotopic (exact) mass is 360 g/mol. The first-order valence-corrected chi connectivity index (χ1v) is 8.29. The van der Waals surface area contributed by atoms with Crippen LogP contribution in [0, 0.1) is 0 Å². The normalized spacial score (nSPS) is 14.7. The number of anilines is 1. The maximum atomic E-state index is 12.8. The standard InChI is InChI=1S/C18H17ClN2O4/c1-3-20-14-8-12(4-6-15(14)25-10-17(20)23)18(24)11(2)21-9-13(19)5-7-16(21)22/h4-9,11H,3,10H2,1-2H3. The Balaban J connectivity index is 1.98. The third-order valence-electron chi connectivity index (χ3n) is 4.20. The molecule has 130 valence electrons. The van der Waals surface area contributed by atoms with Gasteiger partial charge in [0.1, 0.15) is 5.75 Å². The molecule has 0 fully saturated rings. The van der Waals surface area contributed by atoms with E-state index in [1.807, 2.05) is 6.92 Å². The second kappa shape index (κ2) is 6.72. The van der Waals surface area contributed by atoms with Crippen molar-refractivity contribution >= 4 is 29.0 Å². The lowest BCUT2D eigenvalue weighted by Crippen LogP contribution is -2.38. The fourth-order valence-electron chi connectivity index (χ4n) is 2.85. The van der Waals surface area contributed by atoms with Gasteiger partial charge in [0.2, 0.25) is 0 Å². The number of hydrogen-bond donors (Lipinski definition) is 0. The van der Waals surface area contributed by atoms with E-state index in [1.54, 1.807) is 30.0 Å². The van der Waals surface area contributed by atoms with Crippen molar-refractivity contribution in [3.8, 4) is 5.75 Å². The fourth-order valence-corrected chi connectivity index (χ4v) is 3.02. The molecule has 0 bridgehead atoms. The summed E-state index contributed by atoms with van der Waals surface area (Å²) in [7, 11) is 0. The Hall–Kier alpha value is -2.60. The molecule has 1 aliphatic heterocycles. The number of pyridine rings is 1. The predicted molar refractivity (Wildman–Crippen MR) is 94.7 cm³/mol. The lowest BCUT2D eigenvalue weighted by Gasteiger charge is -2.28. The Morgan fingerprint density at radius 2 is 2.04 bits per heavy atom. The van der Waals surface area contributed by atoms with E-state index in [0.717, 1.165) is 0 Å². The van der Waals surface area contributed by atoms with Gasteiger partial charge in [0.05, 0.1) is 16.8 Å². The summed E-state index contributed by atoms with van der Waals surface area (Å²) in [6.45, 7) is 3.97. The fraction of sp³-hybridized carbons (Fsp3) is 0.278. The lowest BCUT2D eigenvalue weighted by atomic mass is 10.0. The molecule has 7 heteroatoms. The van der Waals surface area contributed by atoms with Crippen molar-refractivity contribution in [1.29, 1.82) is 0 Å². The number of rotatable bonds is 4. The molecule has 1 atom stereocenters. The van der Waals surface area contributed by atoms with E-state index in [2.05, 4.69) is 0 Å². The molecule has 1 unspecified atom stereocenters. The zero-order valence-corrected chi connectivity index (χ0v) is 14.6. The van der Waals surface area contributed by atoms with E-state index in [1.165, 1.54) is 22.9 Å². The molecule has 0 saturated heterocycles. The number of fused-ring (bicyclic) bond motifs is 1. The smallest absolute Gasteiger partial charge is 0.265 e. The highest BCUT2D eigenvalue weighted by Gasteiger charge is 2.26. The number of likely N-dealkylation sites (N-methyl/N-ethyl adjacent to an activating group) is 1. The average Bonchev–Trinajstić information content (AvgIpc) is 2.62. The summed E-state index contributed by atoms with van der Waals surface area (Å²) in [5, 5.41) is 0.376. The van der Waals surface area contributed by atoms with E-state index in [-0.39, 0.29) is 23.9 Å². The summed E-state index contributed by atoms with van der Waals surface area (Å²) in [4.78, 5) is 38.4. The van der Waals surface area contributed by atoms with Crippen LogP contribution in [0.15, 0.2) is 41.3 Å². The number of halogens is 1. The highest BCUT2D eigenvalue weighted by molar-refractivity contribution is 6.30. The zero-order chi connectivity index (χ0) is 18.1. The van der Waals surface area contributed by atoms with Crippen molar-refractivity contribution in [2.45, 2.75) is 19.9 Å². The quantitative estimate of drug-likeness (QED) is 0.786. The van der Waals surface area contributed by atoms with E-state index >= 15 is 0 Å². The van der Waals surface area contributed by atoms with Crippen LogP contribution in [0.3, 0.4) is 0 Å². The van der Waals surface area contributed by atoms with E-state index in [4.69, 9.17) is 16.3 Å². The van der Waals surface area contributed by atoms with Crippen LogP contribution in [0.4, 0.5) is 5.69 Å². The van der Waals surface area contributed by atoms with Crippen LogP contribution in [0.1, 0.15) is 30.2 Å². The van der Waals surface area contributed by atoms with Crippen LogP contribution in [-0.2, 0) is 4.79 Å². The largest absolute Gasteiger partial charge is 0.482 e. The summed E-state index contributed by atoms with van der Waals surface area (Å²) in [5.74, 6) is 0.158. The number of carbonyl (C=O) groups is 2. The summed E-state index contributed by atoms with van der Waals surface area (Å²) in [6, 6.07) is 7.02. The molecule has 0 spiro atoms. The molecule has 1 amide bonds. The minimum atomic E-state index is -0.723. The highest BCUT2D eigenvalue weighted by atomic mass is 35.5. The van der Waals surface area contributed by atoms with Gasteiger partial charge in [-0.2, -0.15) is 0 Å². The Morgan fingerprint density at radius 1 is 1.28 bits per heavy atom. The van der Waals surface area contributed by atoms with Crippen LogP contribution in [-0.4, -0.2) is 29.4 Å². The molecule has 6 nitrogen and oxygen atoms in total. The molecule has 0 radical (unpaired) electrons. The van der Waals surface area contributed by atoms with Crippen molar-refractivity contribution in [3.63, 3.8) is 0 Å². The number of hydrogen-bond acceptors (Lipinski definition) is 4. The molecule has 1 aromatic heterocycles. The van der Waals surface area contributed by atoms with Crippen molar-refractivity contribution in [2.75, 3.05) is 18.1 Å². The minimum Gasteiger partial charge on any atom is -0.482 e. The SMILES string of the molecule is CCN1C(=O)COc2ccc(C(=O)C(C)n3cc(Cl)ccc3=O)cc21. The number of amides is 1. The van der Waals surface area contributed by atoms with E-state index < -0.39 is 6.04 Å². The predicted octanol–water partition coefficient (Wildman–Crippen LogP) is 2.69. The number of nitrogens with zero attached hydrogens (tertiary/aromatic N) is 2. The second-order valence-electron chi connectivity index (χ2n) is 5.74. The summed E-state index contributed by atoms with van der Waals surface area (Å²) < 4.78 is 6.70. The number of carbonyl (C=O) groups excluding carboxylic acids is 2. The Morgan fingerprint density at radius 3 is 2.76 bits per heavy atom. The molecule has 25 heavy (non-hydrogen) atoms. The number of benzene rings is 1. The zero-order valence-electron chi connectivity index (χ0n) is 13.9. The molecule has 0 N–H and O–H groups in total. The molecule has 3 rings (SSSR count). The number of ketones is 1.